The summed E-state index contributed by atoms with van der Waals surface area (Å²) in [6.07, 6.45) is -4.55. The van der Waals surface area contributed by atoms with Gasteiger partial charge in [0.2, 0.25) is 0 Å². The number of aryl methyl sites for hydroxylation is 1. The summed E-state index contributed by atoms with van der Waals surface area (Å²) < 4.78 is 39.5. The van der Waals surface area contributed by atoms with E-state index in [2.05, 4.69) is 43.4 Å². The minimum atomic E-state index is -4.63. The number of halogens is 3. The SMILES string of the molecule is Cc1nnc(N[C@H](N)c2cc(N)cc(C(F)(F)F)n2)c2cc(N3C[C@H]4C[C@@H]3CN4C)ccc12. The highest BCUT2D eigenvalue weighted by Gasteiger charge is 2.41. The largest absolute Gasteiger partial charge is 0.433 e. The third-order valence-electron chi connectivity index (χ3n) is 6.56. The smallest absolute Gasteiger partial charge is 0.399 e. The number of nitrogens with zero attached hydrogens (tertiary/aromatic N) is 5. The highest BCUT2D eigenvalue weighted by Crippen LogP contribution is 2.37. The normalized spacial score (nSPS) is 21.7. The number of anilines is 3. The number of hydrogen-bond donors (Lipinski definition) is 3. The lowest BCUT2D eigenvalue weighted by Crippen LogP contribution is -2.44. The van der Waals surface area contributed by atoms with Gasteiger partial charge in [0, 0.05) is 47.3 Å². The lowest BCUT2D eigenvalue weighted by molar-refractivity contribution is -0.141. The van der Waals surface area contributed by atoms with Gasteiger partial charge in [0.15, 0.2) is 5.82 Å². The van der Waals surface area contributed by atoms with Gasteiger partial charge in [-0.05, 0) is 44.7 Å². The predicted molar refractivity (Wildman–Crippen MR) is 121 cm³/mol. The average molecular weight is 458 g/mol. The Hall–Kier alpha value is -3.18. The summed E-state index contributed by atoms with van der Waals surface area (Å²) in [5, 5.41) is 13.1. The van der Waals surface area contributed by atoms with Crippen LogP contribution >= 0.6 is 0 Å². The molecule has 0 spiro atoms. The van der Waals surface area contributed by atoms with E-state index in [1.165, 1.54) is 6.07 Å². The lowest BCUT2D eigenvalue weighted by atomic mass is 10.1. The Morgan fingerprint density at radius 3 is 2.55 bits per heavy atom. The fourth-order valence-corrected chi connectivity index (χ4v) is 4.84. The fourth-order valence-electron chi connectivity index (χ4n) is 4.84. The molecule has 2 fully saturated rings. The Morgan fingerprint density at radius 1 is 1.09 bits per heavy atom. The standard InChI is InChI=1S/C22H25F3N8/c1-11-16-4-3-13(33-10-14-7-15(33)9-32(14)2)8-17(16)21(31-30-11)29-20(27)18-5-12(26)6-19(28-18)22(23,24)25/h3-6,8,14-15,20H,7,9-10,27H2,1-2H3,(H2,26,28)(H,29,31)/t14-,15-,20+/m1/s1. The lowest BCUT2D eigenvalue weighted by Gasteiger charge is -2.33. The number of fused-ring (bicyclic) bond motifs is 3. The second kappa shape index (κ2) is 7.70. The van der Waals surface area contributed by atoms with Crippen LogP contribution in [0, 0.1) is 6.92 Å². The summed E-state index contributed by atoms with van der Waals surface area (Å²) in [7, 11) is 2.15. The number of rotatable bonds is 4. The second-order valence-electron chi connectivity index (χ2n) is 8.83. The number of benzene rings is 1. The molecule has 0 amide bonds. The van der Waals surface area contributed by atoms with E-state index in [1.807, 2.05) is 19.1 Å². The Bertz CT molecular complexity index is 1210. The van der Waals surface area contributed by atoms with E-state index in [1.54, 1.807) is 0 Å². The number of nitrogens with two attached hydrogens (primary N) is 2. The van der Waals surface area contributed by atoms with Crippen LogP contribution < -0.4 is 21.7 Å². The molecule has 1 aromatic carbocycles. The van der Waals surface area contributed by atoms with Crippen LogP contribution in [0.15, 0.2) is 30.3 Å². The summed E-state index contributed by atoms with van der Waals surface area (Å²) >= 11 is 0. The Kier molecular flexibility index (Phi) is 5.05. The molecule has 5 rings (SSSR count). The van der Waals surface area contributed by atoms with E-state index in [-0.39, 0.29) is 11.4 Å². The van der Waals surface area contributed by atoms with Crippen molar-refractivity contribution in [3.05, 3.63) is 47.4 Å². The molecule has 0 radical (unpaired) electrons. The van der Waals surface area contributed by atoms with Crippen LogP contribution in [0.25, 0.3) is 10.8 Å². The first-order valence-electron chi connectivity index (χ1n) is 10.7. The topological polar surface area (TPSA) is 109 Å². The maximum atomic E-state index is 13.2. The number of nitrogen functional groups attached to an aromatic ring is 1. The number of nitrogens with one attached hydrogen (secondary N) is 1. The minimum Gasteiger partial charge on any atom is -0.399 e. The number of likely N-dealkylation sites (N-methyl/N-ethyl adjacent to an activating group) is 1. The number of hydrogen-bond acceptors (Lipinski definition) is 8. The van der Waals surface area contributed by atoms with Crippen molar-refractivity contribution in [3.63, 3.8) is 0 Å². The quantitative estimate of drug-likeness (QED) is 0.512. The van der Waals surface area contributed by atoms with E-state index in [4.69, 9.17) is 11.5 Å². The molecule has 8 nitrogen and oxygen atoms in total. The van der Waals surface area contributed by atoms with Crippen molar-refractivity contribution < 1.29 is 13.2 Å². The van der Waals surface area contributed by atoms with Crippen LogP contribution in [-0.4, -0.2) is 52.3 Å². The van der Waals surface area contributed by atoms with Gasteiger partial charge in [0.1, 0.15) is 11.9 Å². The molecule has 33 heavy (non-hydrogen) atoms. The molecule has 3 aromatic rings. The number of pyridine rings is 1. The highest BCUT2D eigenvalue weighted by atomic mass is 19.4. The average Bonchev–Trinajstić information content (AvgIpc) is 3.34. The highest BCUT2D eigenvalue weighted by molar-refractivity contribution is 5.95. The van der Waals surface area contributed by atoms with Gasteiger partial charge in [0.25, 0.3) is 0 Å². The van der Waals surface area contributed by atoms with Gasteiger partial charge >= 0.3 is 6.18 Å². The maximum Gasteiger partial charge on any atom is 0.433 e. The van der Waals surface area contributed by atoms with Gasteiger partial charge in [-0.15, -0.1) is 5.10 Å². The molecular weight excluding hydrogens is 433 g/mol. The molecule has 0 aliphatic carbocycles. The van der Waals surface area contributed by atoms with E-state index in [0.29, 0.717) is 17.9 Å². The van der Waals surface area contributed by atoms with Crippen LogP contribution in [0.4, 0.5) is 30.4 Å². The van der Waals surface area contributed by atoms with Gasteiger partial charge in [-0.1, -0.05) is 6.07 Å². The van der Waals surface area contributed by atoms with Gasteiger partial charge in [-0.3, -0.25) is 4.90 Å². The molecule has 2 aliphatic heterocycles. The molecule has 2 bridgehead atoms. The molecule has 0 saturated carbocycles. The Labute approximate surface area is 188 Å². The predicted octanol–water partition coefficient (Wildman–Crippen LogP) is 2.90. The number of piperazine rings is 1. The third-order valence-corrected chi connectivity index (χ3v) is 6.56. The first-order chi connectivity index (χ1) is 15.6. The van der Waals surface area contributed by atoms with Gasteiger partial charge in [0.05, 0.1) is 11.4 Å². The molecular formula is C22H25F3N8. The molecule has 2 saturated heterocycles. The summed E-state index contributed by atoms with van der Waals surface area (Å²) in [4.78, 5) is 8.45. The van der Waals surface area contributed by atoms with Crippen molar-refractivity contribution in [2.45, 2.75) is 37.8 Å². The first-order valence-corrected chi connectivity index (χ1v) is 10.7. The number of likely N-dealkylation sites (tertiary alicyclic amines) is 1. The van der Waals surface area contributed by atoms with Crippen molar-refractivity contribution >= 4 is 28.0 Å². The fraction of sp³-hybridized carbons (Fsp3) is 0.409. The van der Waals surface area contributed by atoms with Crippen LogP contribution in [0.5, 0.6) is 0 Å². The monoisotopic (exact) mass is 458 g/mol. The summed E-state index contributed by atoms with van der Waals surface area (Å²) in [6, 6.07) is 9.24. The number of alkyl halides is 3. The molecule has 4 heterocycles. The second-order valence-corrected chi connectivity index (χ2v) is 8.83. The molecule has 11 heteroatoms. The van der Waals surface area contributed by atoms with Crippen molar-refractivity contribution in [3.8, 4) is 0 Å². The van der Waals surface area contributed by atoms with Gasteiger partial charge < -0.3 is 21.7 Å². The zero-order valence-corrected chi connectivity index (χ0v) is 18.3. The van der Waals surface area contributed by atoms with Gasteiger partial charge in [-0.2, -0.15) is 18.3 Å². The Morgan fingerprint density at radius 2 is 1.88 bits per heavy atom. The van der Waals surface area contributed by atoms with Gasteiger partial charge in [-0.25, -0.2) is 4.98 Å². The van der Waals surface area contributed by atoms with E-state index in [0.717, 1.165) is 47.7 Å². The van der Waals surface area contributed by atoms with Crippen LogP contribution in [0.1, 0.15) is 29.7 Å². The zero-order chi connectivity index (χ0) is 23.5. The van der Waals surface area contributed by atoms with E-state index in [9.17, 15) is 13.2 Å². The summed E-state index contributed by atoms with van der Waals surface area (Å²) in [6.45, 7) is 3.84. The molecule has 3 atom stereocenters. The molecule has 2 aliphatic rings. The minimum absolute atomic E-state index is 0.0334. The molecule has 0 unspecified atom stereocenters. The van der Waals surface area contributed by atoms with Crippen molar-refractivity contribution in [2.75, 3.05) is 36.1 Å². The maximum absolute atomic E-state index is 13.2. The van der Waals surface area contributed by atoms with Crippen molar-refractivity contribution in [1.29, 1.82) is 0 Å². The summed E-state index contributed by atoms with van der Waals surface area (Å²) in [5.41, 5.74) is 12.5. The van der Waals surface area contributed by atoms with Crippen molar-refractivity contribution in [2.24, 2.45) is 5.73 Å². The summed E-state index contributed by atoms with van der Waals surface area (Å²) in [5.74, 6) is 0.379. The Balaban J connectivity index is 1.48. The van der Waals surface area contributed by atoms with E-state index >= 15 is 0 Å². The van der Waals surface area contributed by atoms with Crippen LogP contribution in [-0.2, 0) is 6.18 Å². The molecule has 2 aromatic heterocycles. The van der Waals surface area contributed by atoms with Crippen LogP contribution in [0.2, 0.25) is 0 Å². The molecule has 5 N–H and O–H groups in total. The zero-order valence-electron chi connectivity index (χ0n) is 18.3. The third kappa shape index (κ3) is 3.91. The number of aromatic nitrogens is 3. The van der Waals surface area contributed by atoms with Crippen LogP contribution in [0.3, 0.4) is 0 Å². The first kappa shape index (κ1) is 21.7. The van der Waals surface area contributed by atoms with Crippen molar-refractivity contribution in [1.82, 2.24) is 20.1 Å². The van der Waals surface area contributed by atoms with E-state index < -0.39 is 18.0 Å². The molecule has 174 valence electrons.